The number of nitrogens with one attached hydrogen (secondary N) is 1. The molecule has 6 nitrogen and oxygen atoms in total. The van der Waals surface area contributed by atoms with Gasteiger partial charge in [-0.1, -0.05) is 0 Å². The molecule has 0 heterocycles. The Morgan fingerprint density at radius 2 is 1.86 bits per heavy atom. The minimum absolute atomic E-state index is 0.200. The fraction of sp³-hybridized carbons (Fsp3) is 0.933. The lowest BCUT2D eigenvalue weighted by atomic mass is 9.95. The standard InChI is InChI=1S/C15H33N3O3/c1-12(2)17-15(4,14(16)19)7-8-18(9-10-20-5)13(3)11-21-6/h12-13,17H,7-11H2,1-6H3,(H2,16,19). The number of nitrogens with zero attached hydrogens (tertiary/aromatic N) is 1. The van der Waals surface area contributed by atoms with Gasteiger partial charge in [0.2, 0.25) is 5.91 Å². The molecule has 0 saturated heterocycles. The molecule has 0 rings (SSSR count). The van der Waals surface area contributed by atoms with Crippen molar-refractivity contribution in [3.63, 3.8) is 0 Å². The molecule has 2 unspecified atom stereocenters. The molecule has 126 valence electrons. The quantitative estimate of drug-likeness (QED) is 0.552. The Hall–Kier alpha value is -0.690. The Morgan fingerprint density at radius 1 is 1.24 bits per heavy atom. The number of carbonyl (C=O) groups is 1. The minimum Gasteiger partial charge on any atom is -0.383 e. The van der Waals surface area contributed by atoms with Crippen molar-refractivity contribution in [1.29, 1.82) is 0 Å². The van der Waals surface area contributed by atoms with Crippen molar-refractivity contribution >= 4 is 5.91 Å². The number of carbonyl (C=O) groups excluding carboxylic acids is 1. The second-order valence-corrected chi connectivity index (χ2v) is 6.08. The molecule has 0 aliphatic rings. The molecule has 0 saturated carbocycles. The molecule has 0 spiro atoms. The molecule has 0 bridgehead atoms. The highest BCUT2D eigenvalue weighted by molar-refractivity contribution is 5.84. The molecule has 2 atom stereocenters. The maximum atomic E-state index is 11.8. The van der Waals surface area contributed by atoms with Crippen LogP contribution < -0.4 is 11.1 Å². The smallest absolute Gasteiger partial charge is 0.237 e. The molecule has 1 amide bonds. The van der Waals surface area contributed by atoms with Gasteiger partial charge in [0.25, 0.3) is 0 Å². The number of ether oxygens (including phenoxy) is 2. The van der Waals surface area contributed by atoms with E-state index >= 15 is 0 Å². The average molecular weight is 303 g/mol. The van der Waals surface area contributed by atoms with Crippen molar-refractivity contribution in [2.45, 2.75) is 51.7 Å². The van der Waals surface area contributed by atoms with Crippen molar-refractivity contribution in [3.05, 3.63) is 0 Å². The lowest BCUT2D eigenvalue weighted by Gasteiger charge is -2.34. The van der Waals surface area contributed by atoms with Crippen LogP contribution in [0.3, 0.4) is 0 Å². The number of rotatable bonds is 12. The summed E-state index contributed by atoms with van der Waals surface area (Å²) in [7, 11) is 3.38. The minimum atomic E-state index is -0.702. The molecule has 21 heavy (non-hydrogen) atoms. The summed E-state index contributed by atoms with van der Waals surface area (Å²) in [5.74, 6) is -0.317. The average Bonchev–Trinajstić information content (AvgIpc) is 2.38. The lowest BCUT2D eigenvalue weighted by Crippen LogP contribution is -2.57. The molecular formula is C15H33N3O3. The largest absolute Gasteiger partial charge is 0.383 e. The van der Waals surface area contributed by atoms with Crippen LogP contribution in [0.1, 0.15) is 34.1 Å². The van der Waals surface area contributed by atoms with E-state index in [2.05, 4.69) is 17.1 Å². The van der Waals surface area contributed by atoms with Crippen LogP contribution in [0.15, 0.2) is 0 Å². The van der Waals surface area contributed by atoms with Crippen molar-refractivity contribution in [2.75, 3.05) is 40.5 Å². The molecule has 0 fully saturated rings. The topological polar surface area (TPSA) is 76.8 Å². The first kappa shape index (κ1) is 20.3. The Kier molecular flexibility index (Phi) is 9.77. The van der Waals surface area contributed by atoms with Crippen LogP contribution in [0.2, 0.25) is 0 Å². The van der Waals surface area contributed by atoms with Gasteiger partial charge in [0.15, 0.2) is 0 Å². The van der Waals surface area contributed by atoms with E-state index in [1.165, 1.54) is 0 Å². The van der Waals surface area contributed by atoms with Crippen LogP contribution in [0, 0.1) is 0 Å². The number of hydrogen-bond donors (Lipinski definition) is 2. The van der Waals surface area contributed by atoms with Crippen LogP contribution in [0.5, 0.6) is 0 Å². The summed E-state index contributed by atoms with van der Waals surface area (Å²) in [4.78, 5) is 14.0. The second kappa shape index (κ2) is 10.1. The van der Waals surface area contributed by atoms with Crippen molar-refractivity contribution in [3.8, 4) is 0 Å². The van der Waals surface area contributed by atoms with Gasteiger partial charge in [0.1, 0.15) is 0 Å². The Labute approximate surface area is 129 Å². The van der Waals surface area contributed by atoms with E-state index in [9.17, 15) is 4.79 Å². The summed E-state index contributed by atoms with van der Waals surface area (Å²) in [6, 6.07) is 0.465. The summed E-state index contributed by atoms with van der Waals surface area (Å²) in [6.07, 6.45) is 0.651. The van der Waals surface area contributed by atoms with Crippen LogP contribution in [0.25, 0.3) is 0 Å². The van der Waals surface area contributed by atoms with Crippen molar-refractivity contribution in [1.82, 2.24) is 10.2 Å². The number of hydrogen-bond acceptors (Lipinski definition) is 5. The zero-order valence-corrected chi connectivity index (χ0v) is 14.4. The Balaban J connectivity index is 4.70. The highest BCUT2D eigenvalue weighted by Crippen LogP contribution is 2.13. The van der Waals surface area contributed by atoms with Crippen LogP contribution in [-0.4, -0.2) is 69.0 Å². The molecule has 0 aliphatic heterocycles. The van der Waals surface area contributed by atoms with Gasteiger partial charge in [-0.15, -0.1) is 0 Å². The third kappa shape index (κ3) is 7.76. The van der Waals surface area contributed by atoms with Gasteiger partial charge in [-0.05, 0) is 34.1 Å². The van der Waals surface area contributed by atoms with Crippen molar-refractivity contribution < 1.29 is 14.3 Å². The number of primary amides is 1. The molecule has 6 heteroatoms. The first-order chi connectivity index (χ1) is 9.76. The van der Waals surface area contributed by atoms with E-state index in [0.717, 1.165) is 13.1 Å². The molecule has 0 aromatic rings. The Bertz CT molecular complexity index is 300. The van der Waals surface area contributed by atoms with E-state index in [0.29, 0.717) is 19.6 Å². The molecular weight excluding hydrogens is 270 g/mol. The lowest BCUT2D eigenvalue weighted by molar-refractivity contribution is -0.124. The first-order valence-electron chi connectivity index (χ1n) is 7.56. The molecule has 0 radical (unpaired) electrons. The van der Waals surface area contributed by atoms with E-state index < -0.39 is 5.54 Å². The molecule has 0 aliphatic carbocycles. The van der Waals surface area contributed by atoms with Gasteiger partial charge in [-0.3, -0.25) is 9.69 Å². The third-order valence-electron chi connectivity index (χ3n) is 3.66. The van der Waals surface area contributed by atoms with Gasteiger partial charge in [0, 0.05) is 39.4 Å². The maximum Gasteiger partial charge on any atom is 0.237 e. The third-order valence-corrected chi connectivity index (χ3v) is 3.66. The van der Waals surface area contributed by atoms with Crippen LogP contribution in [-0.2, 0) is 14.3 Å². The second-order valence-electron chi connectivity index (χ2n) is 6.08. The van der Waals surface area contributed by atoms with Gasteiger partial charge in [-0.25, -0.2) is 0 Å². The van der Waals surface area contributed by atoms with Crippen molar-refractivity contribution in [2.24, 2.45) is 5.73 Å². The zero-order valence-electron chi connectivity index (χ0n) is 14.4. The summed E-state index contributed by atoms with van der Waals surface area (Å²) >= 11 is 0. The van der Waals surface area contributed by atoms with E-state index in [1.807, 2.05) is 20.8 Å². The number of amides is 1. The summed E-state index contributed by atoms with van der Waals surface area (Å²) in [5, 5.41) is 3.27. The van der Waals surface area contributed by atoms with E-state index in [-0.39, 0.29) is 18.0 Å². The van der Waals surface area contributed by atoms with E-state index in [4.69, 9.17) is 15.2 Å². The monoisotopic (exact) mass is 303 g/mol. The predicted molar refractivity (Wildman–Crippen MR) is 85.3 cm³/mol. The van der Waals surface area contributed by atoms with Crippen LogP contribution >= 0.6 is 0 Å². The normalized spacial score (nSPS) is 16.2. The predicted octanol–water partition coefficient (Wildman–Crippen LogP) is 0.602. The van der Waals surface area contributed by atoms with Crippen LogP contribution in [0.4, 0.5) is 0 Å². The SMILES string of the molecule is COCCN(CCC(C)(NC(C)C)C(N)=O)C(C)COC. The number of methoxy groups -OCH3 is 2. The summed E-state index contributed by atoms with van der Waals surface area (Å²) in [5.41, 5.74) is 4.87. The molecule has 0 aromatic heterocycles. The first-order valence-corrected chi connectivity index (χ1v) is 7.56. The fourth-order valence-corrected chi connectivity index (χ4v) is 2.38. The number of nitrogens with two attached hydrogens (primary N) is 1. The maximum absolute atomic E-state index is 11.8. The summed E-state index contributed by atoms with van der Waals surface area (Å²) < 4.78 is 10.4. The summed E-state index contributed by atoms with van der Waals surface area (Å²) in [6.45, 7) is 10.9. The van der Waals surface area contributed by atoms with Gasteiger partial charge in [0.05, 0.1) is 18.8 Å². The molecule has 3 N–H and O–H groups in total. The van der Waals surface area contributed by atoms with Gasteiger partial charge >= 0.3 is 0 Å². The van der Waals surface area contributed by atoms with Gasteiger partial charge < -0.3 is 20.5 Å². The fourth-order valence-electron chi connectivity index (χ4n) is 2.38. The highest BCUT2D eigenvalue weighted by Gasteiger charge is 2.32. The van der Waals surface area contributed by atoms with Gasteiger partial charge in [-0.2, -0.15) is 0 Å². The molecule has 0 aromatic carbocycles. The highest BCUT2D eigenvalue weighted by atomic mass is 16.5. The van der Waals surface area contributed by atoms with E-state index in [1.54, 1.807) is 14.2 Å². The Morgan fingerprint density at radius 3 is 2.29 bits per heavy atom. The zero-order chi connectivity index (χ0) is 16.5.